The zero-order chi connectivity index (χ0) is 16.0. The largest absolute Gasteiger partial charge is 0.549 e. The van der Waals surface area contributed by atoms with Crippen LogP contribution in [-0.4, -0.2) is 41.8 Å². The zero-order valence-electron chi connectivity index (χ0n) is 11.4. The molecule has 1 N–H and O–H groups in total. The third-order valence-electron chi connectivity index (χ3n) is 2.62. The number of hydrogen-bond acceptors (Lipinski definition) is 7. The number of nitrogens with one attached hydrogen (secondary N) is 1. The van der Waals surface area contributed by atoms with Crippen LogP contribution in [0.5, 0.6) is 0 Å². The van der Waals surface area contributed by atoms with Gasteiger partial charge in [0.2, 0.25) is 10.0 Å². The van der Waals surface area contributed by atoms with Gasteiger partial charge in [-0.2, -0.15) is 0 Å². The summed E-state index contributed by atoms with van der Waals surface area (Å²) >= 11 is 0. The van der Waals surface area contributed by atoms with Crippen LogP contribution in [0.2, 0.25) is 0 Å². The molecular formula is C12H13N5O4S. The summed E-state index contributed by atoms with van der Waals surface area (Å²) in [4.78, 5) is 18.4. The highest BCUT2D eigenvalue weighted by Gasteiger charge is 2.14. The molecule has 10 heteroatoms. The summed E-state index contributed by atoms with van der Waals surface area (Å²) in [6, 6.07) is 3.41. The lowest BCUT2D eigenvalue weighted by Gasteiger charge is -2.04. The smallest absolute Gasteiger partial charge is 0.218 e. The van der Waals surface area contributed by atoms with Gasteiger partial charge in [-0.15, -0.1) is 0 Å². The fourth-order valence-electron chi connectivity index (χ4n) is 1.55. The first kappa shape index (κ1) is 15.9. The second-order valence-corrected chi connectivity index (χ2v) is 6.19. The van der Waals surface area contributed by atoms with E-state index in [-0.39, 0.29) is 12.3 Å². The summed E-state index contributed by atoms with van der Waals surface area (Å²) in [5.74, 6) is -1.26. The van der Waals surface area contributed by atoms with E-state index in [0.717, 1.165) is 0 Å². The molecule has 9 nitrogen and oxygen atoms in total. The van der Waals surface area contributed by atoms with Gasteiger partial charge in [-0.25, -0.2) is 23.1 Å². The molecule has 0 bridgehead atoms. The van der Waals surface area contributed by atoms with Gasteiger partial charge in [0, 0.05) is 24.0 Å². The van der Waals surface area contributed by atoms with E-state index in [4.69, 9.17) is 0 Å². The molecule has 0 amide bonds. The Morgan fingerprint density at radius 1 is 1.32 bits per heavy atom. The third-order valence-corrected chi connectivity index (χ3v) is 3.93. The van der Waals surface area contributed by atoms with Crippen LogP contribution < -0.4 is 14.5 Å². The Labute approximate surface area is 126 Å². The van der Waals surface area contributed by atoms with Gasteiger partial charge in [0.25, 0.3) is 0 Å². The summed E-state index contributed by atoms with van der Waals surface area (Å²) in [5.41, 5.74) is 0.704. The molecule has 2 aromatic heterocycles. The minimum atomic E-state index is -3.69. The third kappa shape index (κ3) is 4.82. The molecule has 2 heterocycles. The van der Waals surface area contributed by atoms with E-state index < -0.39 is 22.5 Å². The van der Waals surface area contributed by atoms with E-state index in [1.54, 1.807) is 30.7 Å². The summed E-state index contributed by atoms with van der Waals surface area (Å²) < 4.78 is 26.4. The SMILES string of the molecule is O=C([O-])CNS(=O)(=O)CC[n+]1ccc(-c2ncccn2)cn1. The Hall–Kier alpha value is -2.46. The fourth-order valence-corrected chi connectivity index (χ4v) is 2.46. The summed E-state index contributed by atoms with van der Waals surface area (Å²) in [7, 11) is -3.69. The molecule has 0 aliphatic rings. The maximum absolute atomic E-state index is 11.5. The molecular weight excluding hydrogens is 310 g/mol. The van der Waals surface area contributed by atoms with E-state index in [1.165, 1.54) is 10.9 Å². The standard InChI is InChI=1S/C12H13N5O4S/c18-11(19)9-16-22(20,21)7-6-17-5-2-10(8-15-17)12-13-3-1-4-14-12/h1-5,8,16H,6-7,9H2. The molecule has 22 heavy (non-hydrogen) atoms. The van der Waals surface area contributed by atoms with E-state index in [1.807, 2.05) is 4.72 Å². The first-order chi connectivity index (χ1) is 10.5. The number of sulfonamides is 1. The average molecular weight is 323 g/mol. The van der Waals surface area contributed by atoms with Gasteiger partial charge in [0.05, 0.1) is 12.5 Å². The number of carboxylic acid groups (broad SMARTS) is 1. The highest BCUT2D eigenvalue weighted by Crippen LogP contribution is 2.09. The monoisotopic (exact) mass is 323 g/mol. The lowest BCUT2D eigenvalue weighted by atomic mass is 10.3. The highest BCUT2D eigenvalue weighted by molar-refractivity contribution is 7.89. The minimum Gasteiger partial charge on any atom is -0.549 e. The van der Waals surface area contributed by atoms with Gasteiger partial charge in [-0.1, -0.05) is 4.68 Å². The van der Waals surface area contributed by atoms with Gasteiger partial charge in [0.15, 0.2) is 18.6 Å². The summed E-state index contributed by atoms with van der Waals surface area (Å²) in [6.45, 7) is -0.664. The van der Waals surface area contributed by atoms with Crippen LogP contribution >= 0.6 is 0 Å². The Kier molecular flexibility index (Phi) is 5.07. The maximum atomic E-state index is 11.5. The number of aliphatic carboxylic acids is 1. The zero-order valence-corrected chi connectivity index (χ0v) is 12.2. The van der Waals surface area contributed by atoms with E-state index >= 15 is 0 Å². The molecule has 0 fully saturated rings. The van der Waals surface area contributed by atoms with Crippen molar-refractivity contribution >= 4 is 16.0 Å². The molecule has 0 aliphatic heterocycles. The second kappa shape index (κ2) is 7.00. The predicted octanol–water partition coefficient (Wildman–Crippen LogP) is -2.50. The van der Waals surface area contributed by atoms with Crippen LogP contribution in [0.25, 0.3) is 11.4 Å². The van der Waals surface area contributed by atoms with E-state index in [9.17, 15) is 18.3 Å². The second-order valence-electron chi connectivity index (χ2n) is 4.26. The number of nitrogens with zero attached hydrogens (tertiary/aromatic N) is 4. The lowest BCUT2D eigenvalue weighted by Crippen LogP contribution is -2.44. The van der Waals surface area contributed by atoms with Crippen molar-refractivity contribution in [3.05, 3.63) is 36.9 Å². The van der Waals surface area contributed by atoms with Crippen molar-refractivity contribution in [3.63, 3.8) is 0 Å². The molecule has 0 spiro atoms. The molecule has 0 atom stereocenters. The number of rotatable bonds is 7. The van der Waals surface area contributed by atoms with Gasteiger partial charge < -0.3 is 9.90 Å². The quantitative estimate of drug-likeness (QED) is 0.557. The van der Waals surface area contributed by atoms with Crippen LogP contribution in [-0.2, 0) is 21.4 Å². The number of carbonyl (C=O) groups is 1. The van der Waals surface area contributed by atoms with Crippen molar-refractivity contribution in [1.29, 1.82) is 0 Å². The van der Waals surface area contributed by atoms with Crippen molar-refractivity contribution in [1.82, 2.24) is 19.8 Å². The summed E-state index contributed by atoms with van der Waals surface area (Å²) in [6.07, 6.45) is 6.34. The van der Waals surface area contributed by atoms with Crippen molar-refractivity contribution in [2.24, 2.45) is 0 Å². The van der Waals surface area contributed by atoms with Crippen molar-refractivity contribution in [2.45, 2.75) is 6.54 Å². The van der Waals surface area contributed by atoms with E-state index in [0.29, 0.717) is 11.4 Å². The Balaban J connectivity index is 1.96. The molecule has 2 rings (SSSR count). The van der Waals surface area contributed by atoms with Crippen LogP contribution in [0.15, 0.2) is 36.9 Å². The number of carboxylic acids is 1. The van der Waals surface area contributed by atoms with Crippen LogP contribution in [0, 0.1) is 0 Å². The highest BCUT2D eigenvalue weighted by atomic mass is 32.2. The number of carbonyl (C=O) groups excluding carboxylic acids is 1. The normalized spacial score (nSPS) is 11.3. The molecule has 116 valence electrons. The van der Waals surface area contributed by atoms with Gasteiger partial charge >= 0.3 is 0 Å². The lowest BCUT2D eigenvalue weighted by molar-refractivity contribution is -0.749. The van der Waals surface area contributed by atoms with Gasteiger partial charge in [0.1, 0.15) is 11.9 Å². The molecule has 0 aromatic carbocycles. The molecule has 0 saturated heterocycles. The first-order valence-electron chi connectivity index (χ1n) is 6.27. The first-order valence-corrected chi connectivity index (χ1v) is 7.92. The van der Waals surface area contributed by atoms with Crippen molar-refractivity contribution < 1.29 is 23.0 Å². The number of aryl methyl sites for hydroxylation is 1. The molecule has 0 radical (unpaired) electrons. The molecule has 0 unspecified atom stereocenters. The fraction of sp³-hybridized carbons (Fsp3) is 0.250. The average Bonchev–Trinajstić information content (AvgIpc) is 2.53. The van der Waals surface area contributed by atoms with Gasteiger partial charge in [-0.05, 0) is 11.2 Å². The van der Waals surface area contributed by atoms with Crippen LogP contribution in [0.1, 0.15) is 0 Å². The van der Waals surface area contributed by atoms with Gasteiger partial charge in [-0.3, -0.25) is 0 Å². The topological polar surface area (TPSA) is 129 Å². The Morgan fingerprint density at radius 2 is 2.05 bits per heavy atom. The van der Waals surface area contributed by atoms with Crippen LogP contribution in [0.3, 0.4) is 0 Å². The molecule has 0 aliphatic carbocycles. The number of hydrogen-bond donors (Lipinski definition) is 1. The molecule has 2 aromatic rings. The minimum absolute atomic E-state index is 0.0817. The molecule has 0 saturated carbocycles. The predicted molar refractivity (Wildman–Crippen MR) is 72.3 cm³/mol. The van der Waals surface area contributed by atoms with Crippen molar-refractivity contribution in [2.75, 3.05) is 12.3 Å². The Morgan fingerprint density at radius 3 is 2.64 bits per heavy atom. The summed E-state index contributed by atoms with van der Waals surface area (Å²) in [5, 5.41) is 14.3. The van der Waals surface area contributed by atoms with Crippen LogP contribution in [0.4, 0.5) is 0 Å². The van der Waals surface area contributed by atoms with Crippen molar-refractivity contribution in [3.8, 4) is 11.4 Å². The van der Waals surface area contributed by atoms with E-state index in [2.05, 4.69) is 15.1 Å². The number of aromatic nitrogens is 4. The Bertz CT molecular complexity index is 734. The maximum Gasteiger partial charge on any atom is 0.218 e.